The fourth-order valence-corrected chi connectivity index (χ4v) is 7.42. The topological polar surface area (TPSA) is 106 Å². The van der Waals surface area contributed by atoms with E-state index in [1.54, 1.807) is 4.90 Å². The highest BCUT2D eigenvalue weighted by Crippen LogP contribution is 2.48. The van der Waals surface area contributed by atoms with Crippen molar-refractivity contribution in [1.82, 2.24) is 0 Å². The van der Waals surface area contributed by atoms with Gasteiger partial charge in [-0.2, -0.15) is 10.1 Å². The summed E-state index contributed by atoms with van der Waals surface area (Å²) in [6.07, 6.45) is 5.28. The van der Waals surface area contributed by atoms with E-state index >= 15 is 0 Å². The van der Waals surface area contributed by atoms with Gasteiger partial charge < -0.3 is 24.2 Å². The summed E-state index contributed by atoms with van der Waals surface area (Å²) in [6.45, 7) is 19.2. The molecule has 2 atom stereocenters. The first kappa shape index (κ1) is 37.5. The molecule has 4 rings (SSSR count). The highest BCUT2D eigenvalue weighted by atomic mass is 32.2. The zero-order chi connectivity index (χ0) is 35.2. The Kier molecular flexibility index (Phi) is 14.5. The Balaban J connectivity index is 1.24. The minimum atomic E-state index is -0.695. The Hall–Kier alpha value is -4.36. The lowest BCUT2D eigenvalue weighted by atomic mass is 10.0. The van der Waals surface area contributed by atoms with E-state index in [-0.39, 0.29) is 37.1 Å². The summed E-state index contributed by atoms with van der Waals surface area (Å²) in [4.78, 5) is 45.2. The Labute approximate surface area is 297 Å². The number of nitrogens with zero attached hydrogens (tertiary/aromatic N) is 4. The smallest absolute Gasteiger partial charge is 0.401 e. The van der Waals surface area contributed by atoms with Crippen molar-refractivity contribution in [2.45, 2.75) is 62.7 Å². The molecule has 0 N–H and O–H groups in total. The molecule has 0 saturated carbocycles. The van der Waals surface area contributed by atoms with Crippen LogP contribution in [0.1, 0.15) is 52.9 Å². The molecule has 2 heterocycles. The van der Waals surface area contributed by atoms with Crippen LogP contribution < -0.4 is 9.80 Å². The maximum atomic E-state index is 13.0. The molecule has 0 aromatic heterocycles. The highest BCUT2D eigenvalue weighted by molar-refractivity contribution is 8.04. The van der Waals surface area contributed by atoms with Crippen molar-refractivity contribution >= 4 is 46.8 Å². The van der Waals surface area contributed by atoms with Crippen LogP contribution in [0.25, 0.3) is 4.85 Å². The molecule has 2 aliphatic heterocycles. The zero-order valence-electron chi connectivity index (χ0n) is 28.2. The van der Waals surface area contributed by atoms with Crippen molar-refractivity contribution in [1.29, 1.82) is 5.26 Å². The van der Waals surface area contributed by atoms with Gasteiger partial charge in [-0.25, -0.2) is 14.5 Å². The molecule has 2 aliphatic rings. The Bertz CT molecular complexity index is 1650. The fourth-order valence-electron chi connectivity index (χ4n) is 5.15. The van der Waals surface area contributed by atoms with Crippen LogP contribution in [-0.2, 0) is 28.8 Å². The van der Waals surface area contributed by atoms with E-state index in [0.717, 1.165) is 58.1 Å². The molecule has 0 bridgehead atoms. The van der Waals surface area contributed by atoms with Gasteiger partial charge in [0.05, 0.1) is 37.7 Å². The van der Waals surface area contributed by atoms with Crippen molar-refractivity contribution < 1.29 is 28.8 Å². The van der Waals surface area contributed by atoms with E-state index in [1.165, 1.54) is 23.5 Å². The predicted molar refractivity (Wildman–Crippen MR) is 192 cm³/mol. The van der Waals surface area contributed by atoms with Gasteiger partial charge in [0.15, 0.2) is 5.57 Å². The van der Waals surface area contributed by atoms with Crippen molar-refractivity contribution in [3.8, 4) is 6.07 Å². The van der Waals surface area contributed by atoms with Crippen molar-refractivity contribution in [3.05, 3.63) is 94.1 Å². The van der Waals surface area contributed by atoms with Gasteiger partial charge in [0.2, 0.25) is 0 Å². The molecule has 12 heteroatoms. The Morgan fingerprint density at radius 2 is 1.57 bits per heavy atom. The largest absolute Gasteiger partial charge is 0.461 e. The summed E-state index contributed by atoms with van der Waals surface area (Å²) < 4.78 is 10.7. The Morgan fingerprint density at radius 3 is 2.20 bits per heavy atom. The van der Waals surface area contributed by atoms with Crippen molar-refractivity contribution in [2.75, 3.05) is 42.7 Å². The van der Waals surface area contributed by atoms with Gasteiger partial charge in [-0.05, 0) is 61.8 Å². The fraction of sp³-hybridized carbons (Fsp3) is 0.405. The number of benzene rings is 2. The van der Waals surface area contributed by atoms with Crippen LogP contribution in [0.2, 0.25) is 0 Å². The van der Waals surface area contributed by atoms with E-state index in [0.29, 0.717) is 30.4 Å². The average molecular weight is 703 g/mol. The first-order valence-electron chi connectivity index (χ1n) is 16.4. The van der Waals surface area contributed by atoms with E-state index in [9.17, 15) is 14.9 Å². The predicted octanol–water partition coefficient (Wildman–Crippen LogP) is 8.46. The summed E-state index contributed by atoms with van der Waals surface area (Å²) in [5.74, 6) is -0.319. The number of ether oxygens (including phenoxy) is 2. The van der Waals surface area contributed by atoms with Crippen LogP contribution in [0, 0.1) is 29.7 Å². The summed E-state index contributed by atoms with van der Waals surface area (Å²) in [7, 11) is 0. The van der Waals surface area contributed by atoms with Gasteiger partial charge in [-0.15, -0.1) is 0 Å². The molecule has 258 valence electrons. The lowest BCUT2D eigenvalue weighted by Crippen LogP contribution is -2.26. The molecular weight excluding hydrogens is 661 g/mol. The molecule has 49 heavy (non-hydrogen) atoms. The van der Waals surface area contributed by atoms with Gasteiger partial charge in [0, 0.05) is 22.4 Å². The molecule has 0 saturated heterocycles. The first-order chi connectivity index (χ1) is 23.8. The van der Waals surface area contributed by atoms with Gasteiger partial charge in [-0.3, -0.25) is 0 Å². The number of para-hydroxylation sites is 2. The number of anilines is 2. The van der Waals surface area contributed by atoms with E-state index in [2.05, 4.69) is 49.2 Å². The maximum absolute atomic E-state index is 13.0. The molecular formula is C37H42N4O6S2. The third-order valence-corrected chi connectivity index (χ3v) is 10.5. The number of thioether (sulfide) groups is 2. The van der Waals surface area contributed by atoms with Crippen LogP contribution in [0.4, 0.5) is 11.4 Å². The highest BCUT2D eigenvalue weighted by Gasteiger charge is 2.32. The summed E-state index contributed by atoms with van der Waals surface area (Å²) >= 11 is 2.84. The number of rotatable bonds is 18. The lowest BCUT2D eigenvalue weighted by Gasteiger charge is -2.23. The van der Waals surface area contributed by atoms with E-state index in [1.807, 2.05) is 42.5 Å². The summed E-state index contributed by atoms with van der Waals surface area (Å²) in [5, 5.41) is 11.1. The average Bonchev–Trinajstić information content (AvgIpc) is 3.67. The van der Waals surface area contributed by atoms with Gasteiger partial charge in [0.1, 0.15) is 22.7 Å². The quantitative estimate of drug-likeness (QED) is 0.0218. The molecule has 0 aliphatic carbocycles. The second-order valence-electron chi connectivity index (χ2n) is 11.7. The van der Waals surface area contributed by atoms with Crippen molar-refractivity contribution in [3.63, 3.8) is 0 Å². The van der Waals surface area contributed by atoms with Crippen LogP contribution in [0.5, 0.6) is 0 Å². The van der Waals surface area contributed by atoms with Gasteiger partial charge >= 0.3 is 17.8 Å². The number of carbonyl (C=O) groups is 2. The zero-order valence-corrected chi connectivity index (χ0v) is 29.8. The number of fused-ring (bicyclic) bond motifs is 2. The van der Waals surface area contributed by atoms with E-state index in [4.69, 9.17) is 25.8 Å². The molecule has 0 radical (unpaired) electrons. The minimum Gasteiger partial charge on any atom is -0.461 e. The first-order valence-corrected chi connectivity index (χ1v) is 18.0. The lowest BCUT2D eigenvalue weighted by molar-refractivity contribution is -0.259. The standard InChI is InChI=1S/C37H42N4O6S2/c1-6-26(3)18-20-40-29-14-8-11-17-32(29)49-36(40)34(39-5)47-46-22-12-13-27(4)19-23-45-37(43)28(25-38)35-41(21-24-44-33(42)7-2)30-15-9-10-16-31(30)48-35/h7-11,14-17,26-27H,2,6,12-13,18-24H2,1,3-4H3/b35-28-,36-34-. The van der Waals surface area contributed by atoms with Gasteiger partial charge in [0.25, 0.3) is 0 Å². The second kappa shape index (κ2) is 19.0. The molecule has 0 spiro atoms. The van der Waals surface area contributed by atoms with Crippen LogP contribution in [0.15, 0.2) is 92.5 Å². The van der Waals surface area contributed by atoms with Crippen LogP contribution >= 0.6 is 23.5 Å². The van der Waals surface area contributed by atoms with Crippen LogP contribution in [-0.4, -0.2) is 44.8 Å². The number of hydrogen-bond donors (Lipinski definition) is 0. The number of nitriles is 1. The third kappa shape index (κ3) is 10.1. The molecule has 2 aromatic rings. The number of esters is 2. The monoisotopic (exact) mass is 702 g/mol. The second-order valence-corrected chi connectivity index (χ2v) is 13.8. The molecule has 2 unspecified atom stereocenters. The SMILES string of the molecule is [C-]#[N+]/C(OOCCCC(C)CCOC(=O)/C(C#N)=C1\Sc2ccccc2N1CCOC(=O)C=C)=C1/Sc2ccccc2N1CCC(C)CC. The number of hydrogen-bond acceptors (Lipinski definition) is 11. The Morgan fingerprint density at radius 1 is 0.918 bits per heavy atom. The maximum Gasteiger partial charge on any atom is 0.401 e. The summed E-state index contributed by atoms with van der Waals surface area (Å²) in [6, 6.07) is 17.7. The number of carbonyl (C=O) groups excluding carboxylic acids is 2. The van der Waals surface area contributed by atoms with E-state index < -0.39 is 11.9 Å². The molecule has 0 amide bonds. The molecule has 0 fully saturated rings. The molecule has 2 aromatic carbocycles. The van der Waals surface area contributed by atoms with Crippen molar-refractivity contribution in [2.24, 2.45) is 11.8 Å². The summed E-state index contributed by atoms with van der Waals surface area (Å²) in [5.41, 5.74) is 1.81. The van der Waals surface area contributed by atoms with Gasteiger partial charge in [-0.1, -0.05) is 81.6 Å². The third-order valence-electron chi connectivity index (χ3n) is 8.20. The van der Waals surface area contributed by atoms with Crippen LogP contribution in [0.3, 0.4) is 0 Å². The molecule has 10 nitrogen and oxygen atoms in total. The minimum absolute atomic E-state index is 0.0595. The normalized spacial score (nSPS) is 16.4.